The van der Waals surface area contributed by atoms with Gasteiger partial charge < -0.3 is 10.3 Å². The van der Waals surface area contributed by atoms with Crippen molar-refractivity contribution >= 4 is 16.8 Å². The zero-order valence-electron chi connectivity index (χ0n) is 14.3. The molecule has 0 unspecified atom stereocenters. The van der Waals surface area contributed by atoms with Gasteiger partial charge in [0.2, 0.25) is 5.91 Å². The average Bonchev–Trinajstić information content (AvgIpc) is 2.44. The Morgan fingerprint density at radius 2 is 2.00 bits per heavy atom. The number of para-hydroxylation sites is 1. The van der Waals surface area contributed by atoms with Gasteiger partial charge in [0.1, 0.15) is 5.82 Å². The van der Waals surface area contributed by atoms with E-state index in [0.717, 1.165) is 0 Å². The number of nitrogens with one attached hydrogen (secondary N) is 2. The standard InChI is InChI=1S/C17H24N4O2/c1-11(15(22)20-17(2,3)4)21(5)10-14-18-13-9-7-6-8-12(13)16(23)19-14/h6-9,11H,10H2,1-5H3,(H,20,22)(H,18,19,23)/t11-/m1/s1. The van der Waals surface area contributed by atoms with E-state index in [1.807, 2.05) is 57.8 Å². The summed E-state index contributed by atoms with van der Waals surface area (Å²) in [7, 11) is 1.84. The molecule has 2 rings (SSSR count). The Morgan fingerprint density at radius 3 is 2.65 bits per heavy atom. The molecule has 1 atom stereocenters. The Bertz CT molecular complexity index is 761. The lowest BCUT2D eigenvalue weighted by Gasteiger charge is -2.28. The normalized spacial score (nSPS) is 13.3. The van der Waals surface area contributed by atoms with Gasteiger partial charge in [-0.15, -0.1) is 0 Å². The third kappa shape index (κ3) is 4.39. The number of carbonyl (C=O) groups excluding carboxylic acids is 1. The molecule has 0 spiro atoms. The zero-order chi connectivity index (χ0) is 17.2. The molecule has 1 amide bonds. The minimum atomic E-state index is -0.328. The molecule has 2 N–H and O–H groups in total. The van der Waals surface area contributed by atoms with Crippen LogP contribution in [0.15, 0.2) is 29.1 Å². The minimum absolute atomic E-state index is 0.0527. The molecule has 23 heavy (non-hydrogen) atoms. The number of fused-ring (bicyclic) bond motifs is 1. The topological polar surface area (TPSA) is 78.1 Å². The van der Waals surface area contributed by atoms with Crippen LogP contribution in [0.5, 0.6) is 0 Å². The monoisotopic (exact) mass is 316 g/mol. The number of benzene rings is 1. The number of amides is 1. The highest BCUT2D eigenvalue weighted by molar-refractivity contribution is 5.82. The lowest BCUT2D eigenvalue weighted by molar-refractivity contribution is -0.127. The molecule has 0 radical (unpaired) electrons. The summed E-state index contributed by atoms with van der Waals surface area (Å²) in [6.45, 7) is 8.05. The second kappa shape index (κ2) is 6.50. The highest BCUT2D eigenvalue weighted by Gasteiger charge is 2.23. The molecule has 0 bridgehead atoms. The molecule has 0 saturated carbocycles. The van der Waals surface area contributed by atoms with E-state index >= 15 is 0 Å². The molecule has 124 valence electrons. The molecular formula is C17H24N4O2. The van der Waals surface area contributed by atoms with Crippen molar-refractivity contribution in [1.29, 1.82) is 0 Å². The Labute approximate surface area is 135 Å². The fourth-order valence-electron chi connectivity index (χ4n) is 2.26. The highest BCUT2D eigenvalue weighted by atomic mass is 16.2. The number of aromatic amines is 1. The number of carbonyl (C=O) groups is 1. The predicted octanol–water partition coefficient (Wildman–Crippen LogP) is 1.66. The molecule has 0 aliphatic heterocycles. The fraction of sp³-hybridized carbons (Fsp3) is 0.471. The molecule has 2 aromatic rings. The third-order valence-corrected chi connectivity index (χ3v) is 3.60. The Morgan fingerprint density at radius 1 is 1.35 bits per heavy atom. The van der Waals surface area contributed by atoms with E-state index in [-0.39, 0.29) is 23.0 Å². The summed E-state index contributed by atoms with van der Waals surface area (Å²) < 4.78 is 0. The molecule has 0 aliphatic rings. The SMILES string of the molecule is C[C@H](C(=O)NC(C)(C)C)N(C)Cc1nc2ccccc2c(=O)[nH]1. The van der Waals surface area contributed by atoms with E-state index in [0.29, 0.717) is 23.3 Å². The van der Waals surface area contributed by atoms with Crippen molar-refractivity contribution in [3.8, 4) is 0 Å². The van der Waals surface area contributed by atoms with E-state index < -0.39 is 0 Å². The van der Waals surface area contributed by atoms with Crippen molar-refractivity contribution in [1.82, 2.24) is 20.2 Å². The molecule has 6 nitrogen and oxygen atoms in total. The molecule has 1 heterocycles. The van der Waals surface area contributed by atoms with E-state index in [1.165, 1.54) is 0 Å². The number of rotatable bonds is 4. The van der Waals surface area contributed by atoms with E-state index in [2.05, 4.69) is 15.3 Å². The van der Waals surface area contributed by atoms with Gasteiger partial charge in [-0.3, -0.25) is 14.5 Å². The predicted molar refractivity (Wildman–Crippen MR) is 91.2 cm³/mol. The summed E-state index contributed by atoms with van der Waals surface area (Å²) in [5.41, 5.74) is 0.221. The van der Waals surface area contributed by atoms with Crippen LogP contribution in [0.25, 0.3) is 10.9 Å². The van der Waals surface area contributed by atoms with Crippen LogP contribution in [0.4, 0.5) is 0 Å². The van der Waals surface area contributed by atoms with Gasteiger partial charge in [-0.25, -0.2) is 4.98 Å². The van der Waals surface area contributed by atoms with Crippen LogP contribution >= 0.6 is 0 Å². The molecule has 0 saturated heterocycles. The number of H-pyrrole nitrogens is 1. The Balaban J connectivity index is 2.15. The van der Waals surface area contributed by atoms with Crippen LogP contribution in [0.1, 0.15) is 33.5 Å². The lowest BCUT2D eigenvalue weighted by atomic mass is 10.1. The number of hydrogen-bond donors (Lipinski definition) is 2. The number of aromatic nitrogens is 2. The minimum Gasteiger partial charge on any atom is -0.350 e. The van der Waals surface area contributed by atoms with E-state index in [4.69, 9.17) is 0 Å². The van der Waals surface area contributed by atoms with Crippen molar-refractivity contribution in [3.63, 3.8) is 0 Å². The van der Waals surface area contributed by atoms with Gasteiger partial charge in [0.15, 0.2) is 0 Å². The summed E-state index contributed by atoms with van der Waals surface area (Å²) >= 11 is 0. The summed E-state index contributed by atoms with van der Waals surface area (Å²) in [5.74, 6) is 0.495. The maximum atomic E-state index is 12.2. The van der Waals surface area contributed by atoms with Crippen molar-refractivity contribution in [2.45, 2.75) is 45.8 Å². The first kappa shape index (κ1) is 17.1. The fourth-order valence-corrected chi connectivity index (χ4v) is 2.26. The zero-order valence-corrected chi connectivity index (χ0v) is 14.3. The average molecular weight is 316 g/mol. The number of nitrogens with zero attached hydrogens (tertiary/aromatic N) is 2. The van der Waals surface area contributed by atoms with Gasteiger partial charge in [-0.05, 0) is 46.9 Å². The van der Waals surface area contributed by atoms with Gasteiger partial charge >= 0.3 is 0 Å². The smallest absolute Gasteiger partial charge is 0.258 e. The van der Waals surface area contributed by atoms with Gasteiger partial charge in [-0.2, -0.15) is 0 Å². The molecule has 0 fully saturated rings. The van der Waals surface area contributed by atoms with Crippen LogP contribution in [0.3, 0.4) is 0 Å². The van der Waals surface area contributed by atoms with Gasteiger partial charge in [0.25, 0.3) is 5.56 Å². The van der Waals surface area contributed by atoms with Crippen LogP contribution in [0.2, 0.25) is 0 Å². The summed E-state index contributed by atoms with van der Waals surface area (Å²) in [6, 6.07) is 6.88. The quantitative estimate of drug-likeness (QED) is 0.899. The molecule has 1 aromatic carbocycles. The number of hydrogen-bond acceptors (Lipinski definition) is 4. The van der Waals surface area contributed by atoms with Gasteiger partial charge in [-0.1, -0.05) is 12.1 Å². The molecular weight excluding hydrogens is 292 g/mol. The Kier molecular flexibility index (Phi) is 4.85. The van der Waals surface area contributed by atoms with Crippen molar-refractivity contribution in [2.75, 3.05) is 7.05 Å². The number of likely N-dealkylation sites (N-methyl/N-ethyl adjacent to an activating group) is 1. The second-order valence-electron chi connectivity index (χ2n) is 6.86. The van der Waals surface area contributed by atoms with Crippen LogP contribution in [0, 0.1) is 0 Å². The highest BCUT2D eigenvalue weighted by Crippen LogP contribution is 2.09. The van der Waals surface area contributed by atoms with Crippen molar-refractivity contribution < 1.29 is 4.79 Å². The molecule has 6 heteroatoms. The first-order chi connectivity index (χ1) is 10.7. The van der Waals surface area contributed by atoms with E-state index in [9.17, 15) is 9.59 Å². The molecule has 0 aliphatic carbocycles. The van der Waals surface area contributed by atoms with Gasteiger partial charge in [0.05, 0.1) is 23.5 Å². The summed E-state index contributed by atoms with van der Waals surface area (Å²) in [4.78, 5) is 33.4. The van der Waals surface area contributed by atoms with Crippen LogP contribution in [-0.2, 0) is 11.3 Å². The van der Waals surface area contributed by atoms with Gasteiger partial charge in [0, 0.05) is 5.54 Å². The first-order valence-corrected chi connectivity index (χ1v) is 7.67. The maximum absolute atomic E-state index is 12.2. The van der Waals surface area contributed by atoms with Crippen LogP contribution < -0.4 is 10.9 Å². The van der Waals surface area contributed by atoms with Crippen molar-refractivity contribution in [2.24, 2.45) is 0 Å². The second-order valence-corrected chi connectivity index (χ2v) is 6.86. The maximum Gasteiger partial charge on any atom is 0.258 e. The van der Waals surface area contributed by atoms with E-state index in [1.54, 1.807) is 6.07 Å². The Hall–Kier alpha value is -2.21. The summed E-state index contributed by atoms with van der Waals surface area (Å²) in [6.07, 6.45) is 0. The first-order valence-electron chi connectivity index (χ1n) is 7.67. The van der Waals surface area contributed by atoms with Crippen molar-refractivity contribution in [3.05, 3.63) is 40.4 Å². The third-order valence-electron chi connectivity index (χ3n) is 3.60. The lowest BCUT2D eigenvalue weighted by Crippen LogP contribution is -2.49. The van der Waals surface area contributed by atoms with Crippen LogP contribution in [-0.4, -0.2) is 39.4 Å². The molecule has 1 aromatic heterocycles. The largest absolute Gasteiger partial charge is 0.350 e. The summed E-state index contributed by atoms with van der Waals surface area (Å²) in [5, 5.41) is 3.52.